The molecule has 1 N–H and O–H groups in total. The molecule has 1 aromatic rings. The summed E-state index contributed by atoms with van der Waals surface area (Å²) in [4.78, 5) is 17.6. The molecule has 33 heavy (non-hydrogen) atoms. The maximum Gasteiger partial charge on any atom is 0.243 e. The van der Waals surface area contributed by atoms with Gasteiger partial charge < -0.3 is 24.2 Å². The number of hydrogen-bond donors (Lipinski definition) is 1. The molecule has 0 aromatic heterocycles. The third kappa shape index (κ3) is 4.09. The van der Waals surface area contributed by atoms with Crippen LogP contribution in [-0.4, -0.2) is 77.6 Å². The van der Waals surface area contributed by atoms with E-state index in [1.54, 1.807) is 0 Å². The molecule has 1 aromatic carbocycles. The van der Waals surface area contributed by atoms with Crippen molar-refractivity contribution in [2.45, 2.75) is 75.5 Å². The first-order valence-electron chi connectivity index (χ1n) is 12.2. The topological polar surface area (TPSA) is 71.5 Å². The smallest absolute Gasteiger partial charge is 0.243 e. The van der Waals surface area contributed by atoms with Gasteiger partial charge in [0.25, 0.3) is 0 Å². The van der Waals surface area contributed by atoms with Crippen molar-refractivity contribution < 1.29 is 24.1 Å². The summed E-state index contributed by atoms with van der Waals surface area (Å²) < 4.78 is 17.7. The van der Waals surface area contributed by atoms with Gasteiger partial charge in [-0.25, -0.2) is 0 Å². The number of aliphatic hydroxyl groups excluding tert-OH is 1. The molecule has 2 spiro atoms. The molecule has 3 heterocycles. The molecule has 0 radical (unpaired) electrons. The molecule has 3 aliphatic heterocycles. The third-order valence-corrected chi connectivity index (χ3v) is 8.13. The molecule has 1 amide bonds. The largest absolute Gasteiger partial charge is 0.490 e. The first-order valence-corrected chi connectivity index (χ1v) is 12.2. The van der Waals surface area contributed by atoms with Gasteiger partial charge in [-0.1, -0.05) is 17.7 Å². The Morgan fingerprint density at radius 3 is 2.48 bits per heavy atom. The van der Waals surface area contributed by atoms with E-state index in [1.165, 1.54) is 5.57 Å². The molecule has 3 saturated heterocycles. The van der Waals surface area contributed by atoms with Gasteiger partial charge in [-0.05, 0) is 56.9 Å². The molecule has 5 rings (SSSR count). The lowest BCUT2D eigenvalue weighted by atomic mass is 9.76. The number of allylic oxidation sites excluding steroid dienone is 1. The van der Waals surface area contributed by atoms with Gasteiger partial charge in [-0.2, -0.15) is 0 Å². The van der Waals surface area contributed by atoms with E-state index < -0.39 is 17.9 Å². The van der Waals surface area contributed by atoms with Gasteiger partial charge in [-0.3, -0.25) is 9.69 Å². The molecule has 4 fully saturated rings. The maximum absolute atomic E-state index is 13.4. The van der Waals surface area contributed by atoms with Crippen LogP contribution < -0.4 is 4.74 Å². The highest BCUT2D eigenvalue weighted by Gasteiger charge is 2.60. The van der Waals surface area contributed by atoms with Crippen LogP contribution in [0.3, 0.4) is 0 Å². The molecule has 4 atom stereocenters. The van der Waals surface area contributed by atoms with Gasteiger partial charge in [0.1, 0.15) is 24.5 Å². The Morgan fingerprint density at radius 1 is 1.18 bits per heavy atom. The first-order chi connectivity index (χ1) is 15.8. The van der Waals surface area contributed by atoms with Crippen molar-refractivity contribution in [1.29, 1.82) is 0 Å². The van der Waals surface area contributed by atoms with Crippen molar-refractivity contribution in [2.75, 3.05) is 33.4 Å². The van der Waals surface area contributed by atoms with Crippen molar-refractivity contribution >= 4 is 5.91 Å². The maximum atomic E-state index is 13.4. The van der Waals surface area contributed by atoms with Gasteiger partial charge in [0, 0.05) is 38.0 Å². The van der Waals surface area contributed by atoms with E-state index in [9.17, 15) is 9.90 Å². The molecule has 180 valence electrons. The summed E-state index contributed by atoms with van der Waals surface area (Å²) in [6.07, 6.45) is 5.61. The fourth-order valence-corrected chi connectivity index (χ4v) is 6.16. The van der Waals surface area contributed by atoms with Crippen LogP contribution in [0.15, 0.2) is 35.9 Å². The lowest BCUT2D eigenvalue weighted by Gasteiger charge is -2.49. The number of likely N-dealkylation sites (N-methyl/N-ethyl adjacent to an activating group) is 1. The summed E-state index contributed by atoms with van der Waals surface area (Å²) in [5, 5.41) is 11.4. The summed E-state index contributed by atoms with van der Waals surface area (Å²) in [6.45, 7) is 6.73. The standard InChI is InChI=1S/C26H36N2O5/c1-18(2)8-13-31-21-6-4-19(5-7-21)23(29)22-24(30)27(3)20-16-25(28(22)17-20)9-11-26(12-10-25)32-14-15-33-26/h4-8,20,22-23,29H,9-17H2,1-3H3/t20?,22?,23-/m0/s1. The minimum absolute atomic E-state index is 0.00756. The second-order valence-electron chi connectivity index (χ2n) is 10.3. The fourth-order valence-electron chi connectivity index (χ4n) is 6.16. The highest BCUT2D eigenvalue weighted by Crippen LogP contribution is 2.51. The van der Waals surface area contributed by atoms with E-state index in [-0.39, 0.29) is 17.5 Å². The van der Waals surface area contributed by atoms with Crippen LogP contribution >= 0.6 is 0 Å². The number of carbonyl (C=O) groups excluding carboxylic acids is 1. The fraction of sp³-hybridized carbons (Fsp3) is 0.654. The number of benzene rings is 1. The molecule has 3 unspecified atom stereocenters. The molecule has 2 bridgehead atoms. The molecule has 7 nitrogen and oxygen atoms in total. The van der Waals surface area contributed by atoms with Crippen molar-refractivity contribution in [3.05, 3.63) is 41.5 Å². The summed E-state index contributed by atoms with van der Waals surface area (Å²) >= 11 is 0. The zero-order valence-corrected chi connectivity index (χ0v) is 20.0. The molecule has 7 heteroatoms. The van der Waals surface area contributed by atoms with Gasteiger partial charge >= 0.3 is 0 Å². The Balaban J connectivity index is 1.34. The van der Waals surface area contributed by atoms with Crippen molar-refractivity contribution in [2.24, 2.45) is 0 Å². The summed E-state index contributed by atoms with van der Waals surface area (Å²) in [6, 6.07) is 7.12. The monoisotopic (exact) mass is 456 g/mol. The number of ether oxygens (including phenoxy) is 3. The van der Waals surface area contributed by atoms with Crippen molar-refractivity contribution in [3.63, 3.8) is 0 Å². The number of rotatable bonds is 5. The quantitative estimate of drug-likeness (QED) is 0.687. The Labute approximate surface area is 196 Å². The molecular weight excluding hydrogens is 420 g/mol. The second-order valence-corrected chi connectivity index (χ2v) is 10.3. The van der Waals surface area contributed by atoms with Gasteiger partial charge in [0.2, 0.25) is 5.91 Å². The molecular formula is C26H36N2O5. The number of hydrogen-bond acceptors (Lipinski definition) is 6. The number of amides is 1. The number of aliphatic hydroxyl groups is 1. The van der Waals surface area contributed by atoms with Gasteiger partial charge in [0.15, 0.2) is 5.79 Å². The van der Waals surface area contributed by atoms with Crippen LogP contribution in [0.2, 0.25) is 0 Å². The minimum atomic E-state index is -0.891. The SMILES string of the molecule is CC(C)=CCOc1ccc([C@H](O)C2C(=O)N(C)C3CN2C2(CCC4(CC2)OCCO4)C3)cc1. The van der Waals surface area contributed by atoms with Crippen LogP contribution in [0.4, 0.5) is 0 Å². The Kier molecular flexibility index (Phi) is 6.02. The Hall–Kier alpha value is -1.93. The molecule has 1 saturated carbocycles. The zero-order chi connectivity index (χ0) is 23.2. The highest BCUT2D eigenvalue weighted by atomic mass is 16.7. The number of nitrogens with zero attached hydrogens (tertiary/aromatic N) is 2. The van der Waals surface area contributed by atoms with Crippen molar-refractivity contribution in [3.8, 4) is 5.75 Å². The predicted octanol–water partition coefficient (Wildman–Crippen LogP) is 3.04. The van der Waals surface area contributed by atoms with Crippen molar-refractivity contribution in [1.82, 2.24) is 9.80 Å². The van der Waals surface area contributed by atoms with E-state index in [0.29, 0.717) is 19.8 Å². The van der Waals surface area contributed by atoms with Crippen LogP contribution in [0.5, 0.6) is 5.75 Å². The third-order valence-electron chi connectivity index (χ3n) is 8.13. The Morgan fingerprint density at radius 2 is 1.85 bits per heavy atom. The Bertz CT molecular complexity index is 894. The highest BCUT2D eigenvalue weighted by molar-refractivity contribution is 5.84. The normalized spacial score (nSPS) is 30.6. The first kappa shape index (κ1) is 22.8. The van der Waals surface area contributed by atoms with E-state index in [0.717, 1.165) is 50.0 Å². The summed E-state index contributed by atoms with van der Waals surface area (Å²) in [5.41, 5.74) is 1.86. The van der Waals surface area contributed by atoms with E-state index >= 15 is 0 Å². The number of carbonyl (C=O) groups is 1. The van der Waals surface area contributed by atoms with Crippen LogP contribution in [0, 0.1) is 0 Å². The van der Waals surface area contributed by atoms with E-state index in [1.807, 2.05) is 56.1 Å². The van der Waals surface area contributed by atoms with Crippen LogP contribution in [0.1, 0.15) is 57.6 Å². The molecule has 4 aliphatic rings. The van der Waals surface area contributed by atoms with E-state index in [2.05, 4.69) is 4.90 Å². The summed E-state index contributed by atoms with van der Waals surface area (Å²) in [5.74, 6) is 0.324. The average molecular weight is 457 g/mol. The van der Waals surface area contributed by atoms with Crippen LogP contribution in [0.25, 0.3) is 0 Å². The lowest BCUT2D eigenvalue weighted by molar-refractivity contribution is -0.195. The minimum Gasteiger partial charge on any atom is -0.490 e. The zero-order valence-electron chi connectivity index (χ0n) is 20.0. The second kappa shape index (κ2) is 8.69. The lowest BCUT2D eigenvalue weighted by Crippen LogP contribution is -2.62. The number of piperazine rings is 1. The molecule has 1 aliphatic carbocycles. The average Bonchev–Trinajstić information content (AvgIpc) is 3.39. The van der Waals surface area contributed by atoms with Gasteiger partial charge in [-0.15, -0.1) is 0 Å². The predicted molar refractivity (Wildman–Crippen MR) is 124 cm³/mol. The van der Waals surface area contributed by atoms with E-state index in [4.69, 9.17) is 14.2 Å². The summed E-state index contributed by atoms with van der Waals surface area (Å²) in [7, 11) is 1.89. The number of fused-ring (bicyclic) bond motifs is 3. The van der Waals surface area contributed by atoms with Gasteiger partial charge in [0.05, 0.1) is 13.2 Å². The van der Waals surface area contributed by atoms with Crippen LogP contribution in [-0.2, 0) is 14.3 Å².